The van der Waals surface area contributed by atoms with E-state index in [1.54, 1.807) is 5.30 Å². The summed E-state index contributed by atoms with van der Waals surface area (Å²) in [6, 6.07) is 44.1. The molecule has 10 fully saturated rings. The number of hydrogen-bond acceptors (Lipinski definition) is 11. The molecule has 0 radical (unpaired) electrons. The predicted molar refractivity (Wildman–Crippen MR) is 360 cm³/mol. The molecule has 7 saturated carbocycles. The number of rotatable bonds is 6. The van der Waals surface area contributed by atoms with Crippen LogP contribution in [0, 0.1) is 77.9 Å². The smallest absolute Gasteiger partial charge is 0.318 e. The maximum atomic E-state index is 12.3. The summed E-state index contributed by atoms with van der Waals surface area (Å²) in [5.74, 6) is -2.86. The van der Waals surface area contributed by atoms with Crippen molar-refractivity contribution in [3.63, 3.8) is 0 Å². The quantitative estimate of drug-likeness (QED) is 0.0398. The number of aryl methyl sites for hydroxylation is 1. The molecule has 6 bridgehead atoms. The summed E-state index contributed by atoms with van der Waals surface area (Å²) in [4.78, 5) is 89.2. The van der Waals surface area contributed by atoms with Crippen molar-refractivity contribution in [2.45, 2.75) is 140 Å². The molecular formula is C76H79Br2O13PPd. The van der Waals surface area contributed by atoms with Gasteiger partial charge in [0.05, 0.1) is 35.5 Å². The number of carbonyl (C=O) groups excluding carboxylic acids is 6. The number of cyclic esters (lactones) is 6. The Labute approximate surface area is 575 Å². The zero-order valence-electron chi connectivity index (χ0n) is 52.5. The van der Waals surface area contributed by atoms with Crippen LogP contribution in [0.2, 0.25) is 0 Å². The van der Waals surface area contributed by atoms with Crippen molar-refractivity contribution >= 4 is 114 Å². The Morgan fingerprint density at radius 2 is 0.817 bits per heavy atom. The first-order chi connectivity index (χ1) is 44.3. The molecule has 0 aromatic heterocycles. The zero-order chi connectivity index (χ0) is 64.6. The second-order valence-electron chi connectivity index (χ2n) is 27.2. The van der Waals surface area contributed by atoms with Gasteiger partial charge in [-0.05, 0) is 202 Å². The minimum absolute atomic E-state index is 0. The van der Waals surface area contributed by atoms with E-state index in [9.17, 15) is 28.8 Å². The molecule has 3 saturated heterocycles. The summed E-state index contributed by atoms with van der Waals surface area (Å²) in [6.07, 6.45) is 23.5. The van der Waals surface area contributed by atoms with Gasteiger partial charge in [0.2, 0.25) is 0 Å². The Morgan fingerprint density at radius 1 is 0.441 bits per heavy atom. The maximum Gasteiger partial charge on any atom is 0.318 e. The minimum Gasteiger partial charge on any atom is -0.481 e. The Morgan fingerprint density at radius 3 is 1.26 bits per heavy atom. The first-order valence-electron chi connectivity index (χ1n) is 33.0. The van der Waals surface area contributed by atoms with Crippen LogP contribution in [0.1, 0.15) is 139 Å². The fourth-order valence-electron chi connectivity index (χ4n) is 18.1. The van der Waals surface area contributed by atoms with Gasteiger partial charge in [-0.15, -0.1) is 0 Å². The average Bonchev–Trinajstić information content (AvgIpc) is 1.58. The number of halogens is 2. The summed E-state index contributed by atoms with van der Waals surface area (Å²) < 4.78 is 16.8. The van der Waals surface area contributed by atoms with E-state index in [1.807, 2.05) is 12.2 Å². The summed E-state index contributed by atoms with van der Waals surface area (Å²) in [7, 11) is -0.0489. The third-order valence-corrected chi connectivity index (χ3v) is 26.3. The van der Waals surface area contributed by atoms with Crippen molar-refractivity contribution in [3.8, 4) is 11.1 Å². The van der Waals surface area contributed by atoms with Crippen molar-refractivity contribution in [1.82, 2.24) is 0 Å². The topological polar surface area (TPSA) is 205 Å². The van der Waals surface area contributed by atoms with E-state index < -0.39 is 11.9 Å². The first kappa shape index (κ1) is 68.4. The number of allylic oxidation sites excluding steroid dienone is 2. The third kappa shape index (κ3) is 14.4. The van der Waals surface area contributed by atoms with Gasteiger partial charge in [0.1, 0.15) is 0 Å². The number of hydrogen-bond donors (Lipinski definition) is 2. The fourth-order valence-corrected chi connectivity index (χ4v) is 22.8. The molecule has 6 aromatic rings. The van der Waals surface area contributed by atoms with E-state index in [1.165, 1.54) is 114 Å². The minimum atomic E-state index is -0.833. The van der Waals surface area contributed by atoms with Crippen LogP contribution in [0.5, 0.6) is 0 Å². The van der Waals surface area contributed by atoms with Gasteiger partial charge in [0.15, 0.2) is 0 Å². The standard InChI is InChI=1S/C28H24O6.C25H33P.C10H6Br2.C9H8O3.2C2H4O2.Pd/c29-25-21-15-7-17(19(9-15)23(21)27(31)33-25)12-3-1-11-2-4-13(6-14(11)5-12)18-8-16-10-20(18)24-22(16)26(30)34-28(24)32;1-20-12-8-9-17-23(20)24-18-10-11-19-25(24)26(21-13-4-2-5-14-21)22-15-6-3-7-16-22;11-9-3-1-7-2-4-10(12)6-8(7)5-9;10-8-6-4-1-2-5(3-4)7(6)9(11)12-8;2*1-2(3)4;/h1-6,15-24H,7-10H2;8-12,17-19,21-22H,2-7,13-16H2,1H3;1-6H;1-2,4-7H,3H2;2*1H3,(H,3,4);. The average molecular weight is 1500 g/mol. The monoisotopic (exact) mass is 1490 g/mol. The van der Waals surface area contributed by atoms with E-state index in [2.05, 4.69) is 165 Å². The van der Waals surface area contributed by atoms with Crippen LogP contribution in [0.15, 0.2) is 142 Å². The molecule has 8 aliphatic carbocycles. The van der Waals surface area contributed by atoms with E-state index in [0.29, 0.717) is 0 Å². The van der Waals surface area contributed by atoms with Gasteiger partial charge in [-0.2, -0.15) is 0 Å². The molecule has 14 unspecified atom stereocenters. The van der Waals surface area contributed by atoms with Crippen LogP contribution in [-0.4, -0.2) is 69.3 Å². The number of aliphatic carboxylic acids is 2. The number of benzene rings is 6. The summed E-state index contributed by atoms with van der Waals surface area (Å²) in [6.45, 7) is 4.44. The van der Waals surface area contributed by atoms with Gasteiger partial charge in [0.25, 0.3) is 11.9 Å². The predicted octanol–water partition coefficient (Wildman–Crippen LogP) is 16.2. The van der Waals surface area contributed by atoms with Gasteiger partial charge in [-0.25, -0.2) is 0 Å². The van der Waals surface area contributed by atoms with E-state index >= 15 is 0 Å². The number of carboxylic acids is 2. The number of carbonyl (C=O) groups is 8. The van der Waals surface area contributed by atoms with E-state index in [4.69, 9.17) is 29.3 Å². The van der Waals surface area contributed by atoms with Gasteiger partial charge in [-0.3, -0.25) is 38.4 Å². The second-order valence-corrected chi connectivity index (χ2v) is 31.8. The summed E-state index contributed by atoms with van der Waals surface area (Å²) in [5, 5.41) is 21.4. The van der Waals surface area contributed by atoms with E-state index in [0.717, 1.165) is 66.2 Å². The van der Waals surface area contributed by atoms with Gasteiger partial charge in [-0.1, -0.05) is 188 Å². The Hall–Kier alpha value is -6.01. The van der Waals surface area contributed by atoms with Crippen molar-refractivity contribution in [2.24, 2.45) is 71.0 Å². The molecule has 3 heterocycles. The first-order valence-corrected chi connectivity index (χ1v) is 36.0. The SMILES string of the molecule is Brc1ccc2ccc(Br)cc2c1.CC(=O)O.CC(=O)O.Cc1ccccc1-c1ccccc1P(C1CCCCC1)C1CCCCC1.O=C1OC(=O)C2C3C=CC(C3)C12.O=C1OC(=O)C2C3CC(CC3c3ccc4ccc(C5CC6CC5C5C(=O)OC(=O)C65)cc4c3)C12.[Pd]. The molecular weight excluding hydrogens is 1420 g/mol. The van der Waals surface area contributed by atoms with Crippen LogP contribution in [0.3, 0.4) is 0 Å². The van der Waals surface area contributed by atoms with Crippen molar-refractivity contribution in [1.29, 1.82) is 0 Å². The molecule has 6 aromatic carbocycles. The number of fused-ring (bicyclic) bond motifs is 17. The number of esters is 6. The van der Waals surface area contributed by atoms with Crippen LogP contribution < -0.4 is 5.30 Å². The summed E-state index contributed by atoms with van der Waals surface area (Å²) in [5.41, 5.74) is 8.82. The van der Waals surface area contributed by atoms with Crippen molar-refractivity contribution in [2.75, 3.05) is 0 Å². The third-order valence-electron chi connectivity index (χ3n) is 21.8. The molecule has 0 spiro atoms. The number of ether oxygens (including phenoxy) is 3. The van der Waals surface area contributed by atoms with Gasteiger partial charge < -0.3 is 24.4 Å². The second kappa shape index (κ2) is 29.5. The molecule has 17 rings (SSSR count). The Kier molecular flexibility index (Phi) is 21.7. The molecule has 3 aliphatic heterocycles. The largest absolute Gasteiger partial charge is 0.481 e. The van der Waals surface area contributed by atoms with E-state index in [-0.39, 0.29) is 147 Å². The van der Waals surface area contributed by atoms with Crippen molar-refractivity contribution in [3.05, 3.63) is 159 Å². The van der Waals surface area contributed by atoms with Crippen molar-refractivity contribution < 1.29 is 83.2 Å². The Balaban J connectivity index is 0.000000131. The molecule has 14 atom stereocenters. The maximum absolute atomic E-state index is 12.3. The molecule has 11 aliphatic rings. The summed E-state index contributed by atoms with van der Waals surface area (Å²) >= 11 is 6.88. The molecule has 93 heavy (non-hydrogen) atoms. The normalized spacial score (nSPS) is 29.6. The molecule has 2 N–H and O–H groups in total. The van der Waals surface area contributed by atoms with Gasteiger partial charge >= 0.3 is 35.8 Å². The molecule has 0 amide bonds. The number of carboxylic acid groups (broad SMARTS) is 2. The van der Waals surface area contributed by atoms with Gasteiger partial charge in [0, 0.05) is 43.2 Å². The zero-order valence-corrected chi connectivity index (χ0v) is 58.1. The fraction of sp³-hybridized carbons (Fsp3) is 0.447. The van der Waals surface area contributed by atoms with Crippen LogP contribution in [0.25, 0.3) is 32.7 Å². The van der Waals surface area contributed by atoms with Crippen LogP contribution in [-0.2, 0) is 73.0 Å². The Bertz CT molecular complexity index is 3690. The molecule has 17 heteroatoms. The molecule has 13 nitrogen and oxygen atoms in total. The van der Waals surface area contributed by atoms with Crippen LogP contribution in [0.4, 0.5) is 0 Å². The van der Waals surface area contributed by atoms with Crippen LogP contribution >= 0.6 is 39.8 Å². The molecule has 490 valence electrons.